The maximum absolute atomic E-state index is 11.1. The second-order valence-electron chi connectivity index (χ2n) is 5.24. The molecule has 0 aliphatic carbocycles. The predicted octanol–water partition coefficient (Wildman–Crippen LogP) is 4.15. The fraction of sp³-hybridized carbons (Fsp3) is 1.00. The van der Waals surface area contributed by atoms with Gasteiger partial charge in [-0.15, -0.1) is 0 Å². The summed E-state index contributed by atoms with van der Waals surface area (Å²) in [7, 11) is -3.98. The minimum Gasteiger partial charge on any atom is -0.246 e. The van der Waals surface area contributed by atoms with Crippen molar-refractivity contribution in [2.45, 2.75) is 84.5 Å². The second-order valence-corrected chi connectivity index (χ2v) is 6.43. The summed E-state index contributed by atoms with van der Waals surface area (Å²) in [5.41, 5.74) is 0. The van der Waals surface area contributed by atoms with Crippen LogP contribution in [0, 0.1) is 0 Å². The first-order valence-electron chi connectivity index (χ1n) is 8.32. The van der Waals surface area contributed by atoms with Gasteiger partial charge in [-0.3, -0.25) is 0 Å². The van der Waals surface area contributed by atoms with Gasteiger partial charge in [0.1, 0.15) is 0 Å². The normalized spacial score (nSPS) is 11.4. The van der Waals surface area contributed by atoms with E-state index in [1.165, 1.54) is 51.4 Å². The predicted molar refractivity (Wildman–Crippen MR) is 89.8 cm³/mol. The van der Waals surface area contributed by atoms with Gasteiger partial charge in [-0.1, -0.05) is 75.5 Å². The van der Waals surface area contributed by atoms with Crippen molar-refractivity contribution in [3.8, 4) is 0 Å². The Kier molecular flexibility index (Phi) is 20.7. The molecule has 0 N–H and O–H groups in total. The molecule has 0 saturated heterocycles. The number of hydrogen-bond acceptors (Lipinski definition) is 5. The summed E-state index contributed by atoms with van der Waals surface area (Å²) < 4.78 is 31.0. The van der Waals surface area contributed by atoms with E-state index in [9.17, 15) is 8.42 Å². The van der Waals surface area contributed by atoms with Gasteiger partial charge in [-0.2, -0.15) is 8.42 Å². The van der Waals surface area contributed by atoms with E-state index in [4.69, 9.17) is 0 Å². The third-order valence-corrected chi connectivity index (χ3v) is 3.94. The summed E-state index contributed by atoms with van der Waals surface area (Å²) in [6.07, 6.45) is 13.4. The maximum atomic E-state index is 11.1. The Hall–Kier alpha value is 0.830. The van der Waals surface area contributed by atoms with E-state index < -0.39 is 10.4 Å². The molecule has 0 aliphatic rings. The van der Waals surface area contributed by atoms with Gasteiger partial charge in [0, 0.05) is 29.6 Å². The Labute approximate surface area is 159 Å². The van der Waals surface area contributed by atoms with Gasteiger partial charge in [-0.05, 0) is 13.3 Å². The van der Waals surface area contributed by atoms with Crippen LogP contribution in [0.15, 0.2) is 0 Å². The summed E-state index contributed by atoms with van der Waals surface area (Å²) in [5.74, 6) is 0. The van der Waals surface area contributed by atoms with Crippen LogP contribution in [-0.4, -0.2) is 51.2 Å². The molecule has 0 saturated carbocycles. The third kappa shape index (κ3) is 18.9. The zero-order valence-electron chi connectivity index (χ0n) is 14.6. The molecule has 5 nitrogen and oxygen atoms in total. The molecule has 0 atom stereocenters. The average Bonchev–Trinajstić information content (AvgIpc) is 2.46. The Balaban J connectivity index is 0. The summed E-state index contributed by atoms with van der Waals surface area (Å²) in [6.45, 7) is 4.20. The van der Waals surface area contributed by atoms with Crippen LogP contribution >= 0.6 is 0 Å². The fourth-order valence-corrected chi connectivity index (χ4v) is 2.63. The molecule has 0 aromatic carbocycles. The van der Waals surface area contributed by atoms with Crippen molar-refractivity contribution in [1.82, 2.24) is 0 Å². The Morgan fingerprint density at radius 2 is 1.18 bits per heavy atom. The van der Waals surface area contributed by atoms with E-state index in [0.29, 0.717) is 0 Å². The summed E-state index contributed by atoms with van der Waals surface area (Å²) in [5, 5.41) is 0. The van der Waals surface area contributed by atoms with Crippen LogP contribution in [0.5, 0.6) is 0 Å². The van der Waals surface area contributed by atoms with Crippen molar-refractivity contribution < 1.29 is 21.8 Å². The molecule has 0 heterocycles. The summed E-state index contributed by atoms with van der Waals surface area (Å²) in [4.78, 5) is 4.34. The molecule has 0 aliphatic heterocycles. The van der Waals surface area contributed by atoms with Crippen molar-refractivity contribution in [2.24, 2.45) is 0 Å². The Morgan fingerprint density at radius 3 is 1.64 bits per heavy atom. The topological polar surface area (TPSA) is 61.8 Å². The van der Waals surface area contributed by atoms with Crippen LogP contribution in [0.2, 0.25) is 0 Å². The number of unbranched alkanes of at least 4 members (excludes halogenated alkanes) is 10. The monoisotopic (exact) mass is 347 g/mol. The van der Waals surface area contributed by atoms with Gasteiger partial charge >= 0.3 is 10.4 Å². The fourth-order valence-electron chi connectivity index (χ4n) is 2.05. The molecule has 129 valence electrons. The van der Waals surface area contributed by atoms with Crippen LogP contribution in [0.4, 0.5) is 0 Å². The molecular weight excluding hydrogens is 315 g/mol. The molecule has 22 heavy (non-hydrogen) atoms. The second kappa shape index (κ2) is 18.2. The molecule has 7 heteroatoms. The van der Waals surface area contributed by atoms with Crippen molar-refractivity contribution in [3.63, 3.8) is 0 Å². The van der Waals surface area contributed by atoms with Gasteiger partial charge in [-0.25, -0.2) is 9.07 Å². The minimum atomic E-state index is -3.98. The van der Waals surface area contributed by atoms with Crippen LogP contribution in [0.25, 0.3) is 0 Å². The molecular formula is C15H32NaO5S. The molecule has 0 aromatic rings. The maximum Gasteiger partial charge on any atom is 0.426 e. The standard InChI is InChI=1S/C15H32O5S.Na/c1-3-5-6-7-8-9-10-11-12-13-14-15-19-21(16,17)20-18-4-2;/h3-15H2,1-2H3;. The van der Waals surface area contributed by atoms with E-state index in [0.717, 1.165) is 19.3 Å². The molecule has 0 fully saturated rings. The van der Waals surface area contributed by atoms with Crippen LogP contribution in [-0.2, 0) is 23.8 Å². The zero-order chi connectivity index (χ0) is 15.8. The molecule has 0 rings (SSSR count). The quantitative estimate of drug-likeness (QED) is 0.182. The van der Waals surface area contributed by atoms with E-state index in [-0.39, 0.29) is 42.8 Å². The van der Waals surface area contributed by atoms with Gasteiger partial charge in [0.15, 0.2) is 0 Å². The van der Waals surface area contributed by atoms with Crippen LogP contribution < -0.4 is 0 Å². The first kappa shape index (κ1) is 25.1. The molecule has 0 bridgehead atoms. The van der Waals surface area contributed by atoms with Gasteiger partial charge in [0.2, 0.25) is 0 Å². The first-order chi connectivity index (χ1) is 10.1. The van der Waals surface area contributed by atoms with E-state index in [1.807, 2.05) is 0 Å². The largest absolute Gasteiger partial charge is 0.426 e. The third-order valence-electron chi connectivity index (χ3n) is 3.22. The van der Waals surface area contributed by atoms with E-state index in [2.05, 4.69) is 20.3 Å². The number of rotatable bonds is 16. The van der Waals surface area contributed by atoms with Gasteiger partial charge in [0.05, 0.1) is 13.2 Å². The Bertz CT molecular complexity index is 309. The van der Waals surface area contributed by atoms with E-state index >= 15 is 0 Å². The first-order valence-corrected chi connectivity index (χ1v) is 9.66. The average molecular weight is 347 g/mol. The molecule has 0 spiro atoms. The smallest absolute Gasteiger partial charge is 0.246 e. The van der Waals surface area contributed by atoms with Gasteiger partial charge < -0.3 is 0 Å². The van der Waals surface area contributed by atoms with Crippen LogP contribution in [0.3, 0.4) is 0 Å². The molecule has 0 amide bonds. The minimum absolute atomic E-state index is 0. The molecule has 0 aromatic heterocycles. The SMILES string of the molecule is CCCCCCCCCCCCCOS(=O)(=O)OOCC.[Na]. The Morgan fingerprint density at radius 1 is 0.727 bits per heavy atom. The van der Waals surface area contributed by atoms with Crippen molar-refractivity contribution in [2.75, 3.05) is 13.2 Å². The zero-order valence-corrected chi connectivity index (χ0v) is 17.5. The molecule has 1 radical (unpaired) electrons. The van der Waals surface area contributed by atoms with Crippen molar-refractivity contribution >= 4 is 40.0 Å². The van der Waals surface area contributed by atoms with Crippen LogP contribution in [0.1, 0.15) is 84.5 Å². The summed E-state index contributed by atoms with van der Waals surface area (Å²) >= 11 is 0. The van der Waals surface area contributed by atoms with Crippen molar-refractivity contribution in [1.29, 1.82) is 0 Å². The molecule has 0 unspecified atom stereocenters. The van der Waals surface area contributed by atoms with Crippen molar-refractivity contribution in [3.05, 3.63) is 0 Å². The van der Waals surface area contributed by atoms with E-state index in [1.54, 1.807) is 6.92 Å². The van der Waals surface area contributed by atoms with Gasteiger partial charge in [0.25, 0.3) is 0 Å². The number of hydrogen-bond donors (Lipinski definition) is 0. The summed E-state index contributed by atoms with van der Waals surface area (Å²) in [6, 6.07) is 0.